The molecular weight excluding hydrogens is 366 g/mol. The fourth-order valence-electron chi connectivity index (χ4n) is 3.56. The number of nitrogens with zero attached hydrogens (tertiary/aromatic N) is 1. The molecule has 2 aliphatic rings. The highest BCUT2D eigenvalue weighted by molar-refractivity contribution is 7.79. The smallest absolute Gasteiger partial charge is 0.253 e. The van der Waals surface area contributed by atoms with E-state index in [0.29, 0.717) is 35.3 Å². The van der Waals surface area contributed by atoms with Crippen LogP contribution in [0.25, 0.3) is 0 Å². The molecule has 1 aliphatic heterocycles. The van der Waals surface area contributed by atoms with Crippen LogP contribution in [0.5, 0.6) is 0 Å². The molecule has 27 heavy (non-hydrogen) atoms. The summed E-state index contributed by atoms with van der Waals surface area (Å²) in [5.41, 5.74) is 1.62. The molecule has 1 fully saturated rings. The molecule has 1 aliphatic carbocycles. The lowest BCUT2D eigenvalue weighted by molar-refractivity contribution is 0.0498. The van der Waals surface area contributed by atoms with E-state index < -0.39 is 16.3 Å². The Morgan fingerprint density at radius 3 is 2.19 bits per heavy atom. The monoisotopic (exact) mass is 383 g/mol. The SMILES string of the molecule is CC(C1CN(C(=O)c2ccc3c(c2)C(=O)c2ccccc2C3=O)C1)S(=O)O. The molecular formula is C20H17NO5S. The van der Waals surface area contributed by atoms with Crippen molar-refractivity contribution in [2.45, 2.75) is 12.2 Å². The predicted molar refractivity (Wildman–Crippen MR) is 99.4 cm³/mol. The van der Waals surface area contributed by atoms with Crippen LogP contribution in [0.2, 0.25) is 0 Å². The zero-order chi connectivity index (χ0) is 19.3. The van der Waals surface area contributed by atoms with Gasteiger partial charge in [0.25, 0.3) is 5.91 Å². The first kappa shape index (κ1) is 17.8. The Labute approximate surface area is 158 Å². The lowest BCUT2D eigenvalue weighted by Gasteiger charge is -2.41. The van der Waals surface area contributed by atoms with Crippen LogP contribution in [-0.2, 0) is 11.1 Å². The van der Waals surface area contributed by atoms with Crippen molar-refractivity contribution in [2.75, 3.05) is 13.1 Å². The minimum Gasteiger partial charge on any atom is -0.338 e. The molecule has 1 heterocycles. The average Bonchev–Trinajstić information content (AvgIpc) is 2.64. The van der Waals surface area contributed by atoms with Crippen LogP contribution in [0, 0.1) is 5.92 Å². The zero-order valence-corrected chi connectivity index (χ0v) is 15.4. The maximum atomic E-state index is 12.8. The molecule has 4 rings (SSSR count). The summed E-state index contributed by atoms with van der Waals surface area (Å²) in [4.78, 5) is 39.6. The maximum absolute atomic E-state index is 12.8. The highest BCUT2D eigenvalue weighted by Gasteiger charge is 2.37. The third kappa shape index (κ3) is 2.83. The number of fused-ring (bicyclic) bond motifs is 2. The summed E-state index contributed by atoms with van der Waals surface area (Å²) < 4.78 is 20.3. The average molecular weight is 383 g/mol. The van der Waals surface area contributed by atoms with Crippen LogP contribution in [-0.4, -0.2) is 49.5 Å². The van der Waals surface area contributed by atoms with E-state index >= 15 is 0 Å². The fourth-order valence-corrected chi connectivity index (χ4v) is 4.06. The predicted octanol–water partition coefficient (Wildman–Crippen LogP) is 2.14. The van der Waals surface area contributed by atoms with Gasteiger partial charge < -0.3 is 9.45 Å². The van der Waals surface area contributed by atoms with E-state index in [9.17, 15) is 18.6 Å². The summed E-state index contributed by atoms with van der Waals surface area (Å²) in [7, 11) is 0. The molecule has 0 saturated carbocycles. The lowest BCUT2D eigenvalue weighted by Crippen LogP contribution is -2.54. The first-order chi connectivity index (χ1) is 12.9. The summed E-state index contributed by atoms with van der Waals surface area (Å²) in [6.07, 6.45) is 0. The Morgan fingerprint density at radius 1 is 1.04 bits per heavy atom. The molecule has 0 spiro atoms. The molecule has 138 valence electrons. The Morgan fingerprint density at radius 2 is 1.59 bits per heavy atom. The minimum atomic E-state index is -1.91. The molecule has 2 unspecified atom stereocenters. The van der Waals surface area contributed by atoms with Gasteiger partial charge in [0.1, 0.15) is 0 Å². The number of carbonyl (C=O) groups excluding carboxylic acids is 3. The van der Waals surface area contributed by atoms with Gasteiger partial charge in [0.15, 0.2) is 22.6 Å². The van der Waals surface area contributed by atoms with E-state index in [1.807, 2.05) is 0 Å². The van der Waals surface area contributed by atoms with E-state index in [2.05, 4.69) is 0 Å². The van der Waals surface area contributed by atoms with Gasteiger partial charge in [-0.1, -0.05) is 24.3 Å². The van der Waals surface area contributed by atoms with E-state index in [1.54, 1.807) is 42.2 Å². The number of ketones is 2. The first-order valence-corrected chi connectivity index (χ1v) is 9.77. The number of amides is 1. The third-order valence-electron chi connectivity index (χ3n) is 5.35. The van der Waals surface area contributed by atoms with Gasteiger partial charge in [0.2, 0.25) is 0 Å². The number of hydrogen-bond donors (Lipinski definition) is 1. The number of hydrogen-bond acceptors (Lipinski definition) is 4. The molecule has 7 heteroatoms. The Balaban J connectivity index is 1.59. The van der Waals surface area contributed by atoms with Crippen molar-refractivity contribution in [3.8, 4) is 0 Å². The topological polar surface area (TPSA) is 91.8 Å². The zero-order valence-electron chi connectivity index (χ0n) is 14.5. The fraction of sp³-hybridized carbons (Fsp3) is 0.250. The number of benzene rings is 2. The summed E-state index contributed by atoms with van der Waals surface area (Å²) in [6.45, 7) is 2.49. The van der Waals surface area contributed by atoms with Crippen molar-refractivity contribution in [3.63, 3.8) is 0 Å². The van der Waals surface area contributed by atoms with Gasteiger partial charge >= 0.3 is 0 Å². The van der Waals surface area contributed by atoms with E-state index in [4.69, 9.17) is 4.55 Å². The van der Waals surface area contributed by atoms with Crippen molar-refractivity contribution < 1.29 is 23.1 Å². The van der Waals surface area contributed by atoms with Crippen LogP contribution < -0.4 is 0 Å². The molecule has 0 aromatic heterocycles. The summed E-state index contributed by atoms with van der Waals surface area (Å²) in [5, 5.41) is -0.395. The Bertz CT molecular complexity index is 1010. The highest BCUT2D eigenvalue weighted by atomic mass is 32.2. The van der Waals surface area contributed by atoms with Gasteiger partial charge in [-0.3, -0.25) is 14.4 Å². The number of rotatable bonds is 3. The van der Waals surface area contributed by atoms with Crippen molar-refractivity contribution in [1.29, 1.82) is 0 Å². The van der Waals surface area contributed by atoms with Gasteiger partial charge in [-0.05, 0) is 25.1 Å². The quantitative estimate of drug-likeness (QED) is 0.700. The number of carbonyl (C=O) groups is 3. The first-order valence-electron chi connectivity index (χ1n) is 8.60. The van der Waals surface area contributed by atoms with Crippen LogP contribution in [0.3, 0.4) is 0 Å². The van der Waals surface area contributed by atoms with Crippen LogP contribution in [0.4, 0.5) is 0 Å². The molecule has 1 N–H and O–H groups in total. The summed E-state index contributed by atoms with van der Waals surface area (Å²) in [5.74, 6) is -0.750. The molecule has 2 aromatic carbocycles. The lowest BCUT2D eigenvalue weighted by atomic mass is 9.83. The van der Waals surface area contributed by atoms with Gasteiger partial charge in [-0.2, -0.15) is 0 Å². The van der Waals surface area contributed by atoms with Crippen LogP contribution in [0.1, 0.15) is 49.1 Å². The molecule has 1 amide bonds. The summed E-state index contributed by atoms with van der Waals surface area (Å²) >= 11 is -1.91. The van der Waals surface area contributed by atoms with Crippen molar-refractivity contribution in [1.82, 2.24) is 4.90 Å². The van der Waals surface area contributed by atoms with Gasteiger partial charge in [0, 0.05) is 46.8 Å². The Kier molecular flexibility index (Phi) is 4.28. The normalized spacial score (nSPS) is 18.4. The molecule has 0 radical (unpaired) electrons. The van der Waals surface area contributed by atoms with Gasteiger partial charge in [0.05, 0.1) is 5.25 Å². The van der Waals surface area contributed by atoms with E-state index in [1.165, 1.54) is 12.1 Å². The van der Waals surface area contributed by atoms with Crippen molar-refractivity contribution in [2.24, 2.45) is 5.92 Å². The molecule has 2 atom stereocenters. The summed E-state index contributed by atoms with van der Waals surface area (Å²) in [6, 6.07) is 11.2. The van der Waals surface area contributed by atoms with Crippen molar-refractivity contribution in [3.05, 3.63) is 70.3 Å². The highest BCUT2D eigenvalue weighted by Crippen LogP contribution is 2.29. The molecule has 2 aromatic rings. The third-order valence-corrected chi connectivity index (χ3v) is 6.37. The minimum absolute atomic E-state index is 0.0208. The van der Waals surface area contributed by atoms with Gasteiger partial charge in [-0.15, -0.1) is 0 Å². The molecule has 1 saturated heterocycles. The second-order valence-corrected chi connectivity index (χ2v) is 8.21. The van der Waals surface area contributed by atoms with Crippen LogP contribution in [0.15, 0.2) is 42.5 Å². The Hall–Kier alpha value is -2.64. The van der Waals surface area contributed by atoms with E-state index in [0.717, 1.165) is 0 Å². The van der Waals surface area contributed by atoms with E-state index in [-0.39, 0.29) is 29.0 Å². The van der Waals surface area contributed by atoms with Crippen LogP contribution >= 0.6 is 0 Å². The maximum Gasteiger partial charge on any atom is 0.253 e. The molecule has 6 nitrogen and oxygen atoms in total. The largest absolute Gasteiger partial charge is 0.338 e. The second kappa shape index (κ2) is 6.51. The second-order valence-electron chi connectivity index (χ2n) is 6.92. The molecule has 0 bridgehead atoms. The van der Waals surface area contributed by atoms with Gasteiger partial charge in [-0.25, -0.2) is 4.21 Å². The standard InChI is InChI=1S/C20H17NO5S/c1-11(27(25)26)13-9-21(10-13)20(24)12-6-7-16-17(8-12)19(23)15-5-3-2-4-14(15)18(16)22/h2-8,11,13H,9-10H2,1H3,(H,25,26). The number of likely N-dealkylation sites (tertiary alicyclic amines) is 1. The van der Waals surface area contributed by atoms with Crippen molar-refractivity contribution >= 4 is 28.6 Å².